The van der Waals surface area contributed by atoms with Gasteiger partial charge in [0.15, 0.2) is 11.0 Å². The third kappa shape index (κ3) is 2.33. The SMILES string of the molecule is CCCc1cc(Cl)n(-c2ccc(Cl)nn2)n1. The lowest BCUT2D eigenvalue weighted by Crippen LogP contribution is -2.01. The van der Waals surface area contributed by atoms with Crippen LogP contribution in [-0.2, 0) is 6.42 Å². The Morgan fingerprint density at radius 2 is 2.06 bits per heavy atom. The summed E-state index contributed by atoms with van der Waals surface area (Å²) in [7, 11) is 0. The first-order valence-electron chi connectivity index (χ1n) is 4.94. The van der Waals surface area contributed by atoms with Crippen molar-refractivity contribution in [3.63, 3.8) is 0 Å². The number of hydrogen-bond acceptors (Lipinski definition) is 3. The minimum atomic E-state index is 0.348. The minimum absolute atomic E-state index is 0.348. The fourth-order valence-electron chi connectivity index (χ4n) is 1.36. The monoisotopic (exact) mass is 256 g/mol. The molecular formula is C10H10Cl2N4. The number of hydrogen-bond donors (Lipinski definition) is 0. The summed E-state index contributed by atoms with van der Waals surface area (Å²) in [6.45, 7) is 2.09. The largest absolute Gasteiger partial charge is 0.202 e. The van der Waals surface area contributed by atoms with E-state index in [0.717, 1.165) is 18.5 Å². The van der Waals surface area contributed by atoms with Crippen LogP contribution < -0.4 is 0 Å². The third-order valence-electron chi connectivity index (χ3n) is 2.06. The molecule has 2 rings (SSSR count). The first kappa shape index (κ1) is 11.4. The second kappa shape index (κ2) is 4.80. The molecule has 84 valence electrons. The van der Waals surface area contributed by atoms with Crippen molar-refractivity contribution in [3.05, 3.63) is 34.2 Å². The molecule has 4 nitrogen and oxygen atoms in total. The highest BCUT2D eigenvalue weighted by molar-refractivity contribution is 6.30. The van der Waals surface area contributed by atoms with Crippen LogP contribution in [0, 0.1) is 0 Å². The predicted octanol–water partition coefficient (Wildman–Crippen LogP) is 2.92. The van der Waals surface area contributed by atoms with Crippen molar-refractivity contribution in [2.24, 2.45) is 0 Å². The van der Waals surface area contributed by atoms with Crippen LogP contribution in [0.2, 0.25) is 10.3 Å². The van der Waals surface area contributed by atoms with E-state index in [9.17, 15) is 0 Å². The van der Waals surface area contributed by atoms with Gasteiger partial charge in [-0.15, -0.1) is 10.2 Å². The first-order valence-corrected chi connectivity index (χ1v) is 5.70. The number of aryl methyl sites for hydroxylation is 1. The Balaban J connectivity index is 2.36. The lowest BCUT2D eigenvalue weighted by atomic mass is 10.3. The van der Waals surface area contributed by atoms with Crippen LogP contribution >= 0.6 is 23.2 Å². The smallest absolute Gasteiger partial charge is 0.177 e. The van der Waals surface area contributed by atoms with Crippen LogP contribution in [0.25, 0.3) is 5.82 Å². The summed E-state index contributed by atoms with van der Waals surface area (Å²) in [6.07, 6.45) is 1.92. The molecular weight excluding hydrogens is 247 g/mol. The standard InChI is InChI=1S/C10H10Cl2N4/c1-2-3-7-6-9(12)16(15-7)10-5-4-8(11)13-14-10/h4-6H,2-3H2,1H3. The van der Waals surface area contributed by atoms with Crippen molar-refractivity contribution in [1.29, 1.82) is 0 Å². The Morgan fingerprint density at radius 1 is 1.25 bits per heavy atom. The molecule has 0 fully saturated rings. The molecule has 6 heteroatoms. The van der Waals surface area contributed by atoms with E-state index in [0.29, 0.717) is 16.1 Å². The van der Waals surface area contributed by atoms with Gasteiger partial charge in [0.05, 0.1) is 5.69 Å². The molecule has 0 saturated heterocycles. The molecule has 0 saturated carbocycles. The molecule has 2 aromatic rings. The normalized spacial score (nSPS) is 10.7. The third-order valence-corrected chi connectivity index (χ3v) is 2.53. The second-order valence-corrected chi connectivity index (χ2v) is 4.11. The zero-order chi connectivity index (χ0) is 11.5. The van der Waals surface area contributed by atoms with Crippen LogP contribution in [0.15, 0.2) is 18.2 Å². The van der Waals surface area contributed by atoms with E-state index in [-0.39, 0.29) is 0 Å². The zero-order valence-electron chi connectivity index (χ0n) is 8.69. The average molecular weight is 257 g/mol. The topological polar surface area (TPSA) is 43.6 Å². The molecule has 0 aliphatic heterocycles. The summed E-state index contributed by atoms with van der Waals surface area (Å²) in [5.74, 6) is 0.566. The van der Waals surface area contributed by atoms with E-state index >= 15 is 0 Å². The maximum atomic E-state index is 6.05. The predicted molar refractivity (Wildman–Crippen MR) is 63.2 cm³/mol. The Bertz CT molecular complexity index is 478. The minimum Gasteiger partial charge on any atom is -0.202 e. The molecule has 2 aromatic heterocycles. The molecule has 2 heterocycles. The molecule has 0 unspecified atom stereocenters. The molecule has 0 spiro atoms. The average Bonchev–Trinajstić information content (AvgIpc) is 2.61. The van der Waals surface area contributed by atoms with Gasteiger partial charge in [-0.3, -0.25) is 0 Å². The Hall–Kier alpha value is -1.13. The van der Waals surface area contributed by atoms with Gasteiger partial charge in [0, 0.05) is 0 Å². The summed E-state index contributed by atoms with van der Waals surface area (Å²) in [6, 6.07) is 5.21. The number of rotatable bonds is 3. The van der Waals surface area contributed by atoms with E-state index in [1.165, 1.54) is 0 Å². The van der Waals surface area contributed by atoms with Crippen molar-refractivity contribution in [1.82, 2.24) is 20.0 Å². The van der Waals surface area contributed by atoms with Gasteiger partial charge in [-0.2, -0.15) is 5.10 Å². The van der Waals surface area contributed by atoms with E-state index in [1.54, 1.807) is 16.8 Å². The lowest BCUT2D eigenvalue weighted by Gasteiger charge is -2.00. The van der Waals surface area contributed by atoms with Crippen molar-refractivity contribution in [2.75, 3.05) is 0 Å². The maximum Gasteiger partial charge on any atom is 0.177 e. The van der Waals surface area contributed by atoms with Crippen LogP contribution in [0.5, 0.6) is 0 Å². The Labute approximate surface area is 103 Å². The number of halogens is 2. The molecule has 0 aromatic carbocycles. The summed E-state index contributed by atoms with van der Waals surface area (Å²) < 4.78 is 1.55. The Kier molecular flexibility index (Phi) is 3.41. The molecule has 0 atom stereocenters. The highest BCUT2D eigenvalue weighted by Gasteiger charge is 2.08. The van der Waals surface area contributed by atoms with Crippen LogP contribution in [-0.4, -0.2) is 20.0 Å². The summed E-state index contributed by atoms with van der Waals surface area (Å²) in [4.78, 5) is 0. The quantitative estimate of drug-likeness (QED) is 0.849. The molecule has 16 heavy (non-hydrogen) atoms. The van der Waals surface area contributed by atoms with Gasteiger partial charge in [0.25, 0.3) is 0 Å². The van der Waals surface area contributed by atoms with Gasteiger partial charge in [-0.1, -0.05) is 36.5 Å². The van der Waals surface area contributed by atoms with Crippen LogP contribution in [0.1, 0.15) is 19.0 Å². The van der Waals surface area contributed by atoms with Crippen molar-refractivity contribution in [3.8, 4) is 5.82 Å². The highest BCUT2D eigenvalue weighted by atomic mass is 35.5. The van der Waals surface area contributed by atoms with Crippen LogP contribution in [0.3, 0.4) is 0 Å². The van der Waals surface area contributed by atoms with Gasteiger partial charge < -0.3 is 0 Å². The van der Waals surface area contributed by atoms with E-state index in [2.05, 4.69) is 22.2 Å². The molecule has 0 amide bonds. The fourth-order valence-corrected chi connectivity index (χ4v) is 1.72. The summed E-state index contributed by atoms with van der Waals surface area (Å²) in [5, 5.41) is 12.9. The van der Waals surface area contributed by atoms with Crippen molar-refractivity contribution >= 4 is 23.2 Å². The van der Waals surface area contributed by atoms with Crippen molar-refractivity contribution < 1.29 is 0 Å². The fraction of sp³-hybridized carbons (Fsp3) is 0.300. The molecule has 0 aliphatic rings. The summed E-state index contributed by atoms with van der Waals surface area (Å²) >= 11 is 11.7. The zero-order valence-corrected chi connectivity index (χ0v) is 10.2. The molecule has 0 N–H and O–H groups in total. The number of aromatic nitrogens is 4. The van der Waals surface area contributed by atoms with E-state index in [1.807, 2.05) is 6.07 Å². The van der Waals surface area contributed by atoms with Crippen molar-refractivity contribution in [2.45, 2.75) is 19.8 Å². The first-order chi connectivity index (χ1) is 7.70. The number of nitrogens with zero attached hydrogens (tertiary/aromatic N) is 4. The van der Waals surface area contributed by atoms with Gasteiger partial charge in [0.2, 0.25) is 0 Å². The lowest BCUT2D eigenvalue weighted by molar-refractivity contribution is 0.774. The van der Waals surface area contributed by atoms with Gasteiger partial charge in [-0.05, 0) is 24.6 Å². The van der Waals surface area contributed by atoms with E-state index in [4.69, 9.17) is 23.2 Å². The Morgan fingerprint density at radius 3 is 2.69 bits per heavy atom. The second-order valence-electron chi connectivity index (χ2n) is 3.33. The van der Waals surface area contributed by atoms with Crippen LogP contribution in [0.4, 0.5) is 0 Å². The molecule has 0 aliphatic carbocycles. The molecule has 0 bridgehead atoms. The van der Waals surface area contributed by atoms with Gasteiger partial charge >= 0.3 is 0 Å². The summed E-state index contributed by atoms with van der Waals surface area (Å²) in [5.41, 5.74) is 0.948. The maximum absolute atomic E-state index is 6.05. The molecule has 0 radical (unpaired) electrons. The highest BCUT2D eigenvalue weighted by Crippen LogP contribution is 2.16. The van der Waals surface area contributed by atoms with Gasteiger partial charge in [-0.25, -0.2) is 4.68 Å². The van der Waals surface area contributed by atoms with Gasteiger partial charge in [0.1, 0.15) is 5.15 Å². The van der Waals surface area contributed by atoms with E-state index < -0.39 is 0 Å².